The van der Waals surface area contributed by atoms with Crippen LogP contribution < -0.4 is 10.9 Å². The second-order valence-electron chi connectivity index (χ2n) is 5.97. The summed E-state index contributed by atoms with van der Waals surface area (Å²) in [7, 11) is 0. The number of nitrogens with one attached hydrogen (secondary N) is 1. The monoisotopic (exact) mass is 360 g/mol. The molecule has 2 heterocycles. The molecule has 2 aromatic heterocycles. The van der Waals surface area contributed by atoms with Gasteiger partial charge in [0.2, 0.25) is 5.91 Å². The Balaban J connectivity index is 1.77. The van der Waals surface area contributed by atoms with Gasteiger partial charge in [0, 0.05) is 30.7 Å². The van der Waals surface area contributed by atoms with E-state index < -0.39 is 17.5 Å². The molecule has 1 aromatic carbocycles. The molecule has 1 N–H and O–H groups in total. The van der Waals surface area contributed by atoms with Crippen LogP contribution in [0.1, 0.15) is 18.2 Å². The number of pyridine rings is 1. The molecule has 6 nitrogen and oxygen atoms in total. The van der Waals surface area contributed by atoms with Gasteiger partial charge in [-0.15, -0.1) is 0 Å². The third-order valence-corrected chi connectivity index (χ3v) is 4.08. The van der Waals surface area contributed by atoms with Crippen LogP contribution in [-0.4, -0.2) is 20.3 Å². The Morgan fingerprint density at radius 2 is 1.92 bits per heavy atom. The highest BCUT2D eigenvalue weighted by atomic mass is 19.1. The van der Waals surface area contributed by atoms with E-state index in [0.29, 0.717) is 17.6 Å². The molecule has 26 heavy (non-hydrogen) atoms. The van der Waals surface area contributed by atoms with Gasteiger partial charge in [0.15, 0.2) is 0 Å². The largest absolute Gasteiger partial charge is 0.350 e. The van der Waals surface area contributed by atoms with Gasteiger partial charge in [-0.3, -0.25) is 14.3 Å². The minimum Gasteiger partial charge on any atom is -0.350 e. The molecule has 0 bridgehead atoms. The van der Waals surface area contributed by atoms with Gasteiger partial charge in [-0.05, 0) is 37.6 Å². The fourth-order valence-corrected chi connectivity index (χ4v) is 2.87. The molecule has 0 unspecified atom stereocenters. The third kappa shape index (κ3) is 3.49. The molecule has 0 fully saturated rings. The quantitative estimate of drug-likeness (QED) is 0.758. The molecule has 0 radical (unpaired) electrons. The first-order valence-electron chi connectivity index (χ1n) is 8.17. The summed E-state index contributed by atoms with van der Waals surface area (Å²) in [5.74, 6) is -1.85. The van der Waals surface area contributed by atoms with Crippen molar-refractivity contribution >= 4 is 16.8 Å². The molecule has 0 saturated carbocycles. The van der Waals surface area contributed by atoms with Crippen molar-refractivity contribution in [3.63, 3.8) is 0 Å². The third-order valence-electron chi connectivity index (χ3n) is 4.08. The zero-order valence-electron chi connectivity index (χ0n) is 14.4. The summed E-state index contributed by atoms with van der Waals surface area (Å²) in [6.45, 7) is 4.02. The van der Waals surface area contributed by atoms with Crippen molar-refractivity contribution < 1.29 is 13.6 Å². The predicted octanol–water partition coefficient (Wildman–Crippen LogP) is 2.12. The number of hydrogen-bond donors (Lipinski definition) is 1. The van der Waals surface area contributed by atoms with E-state index in [4.69, 9.17) is 0 Å². The molecule has 0 spiro atoms. The summed E-state index contributed by atoms with van der Waals surface area (Å²) < 4.78 is 29.2. The van der Waals surface area contributed by atoms with Crippen molar-refractivity contribution in [2.75, 3.05) is 0 Å². The van der Waals surface area contributed by atoms with Crippen LogP contribution in [0.5, 0.6) is 0 Å². The predicted molar refractivity (Wildman–Crippen MR) is 92.6 cm³/mol. The average molecular weight is 360 g/mol. The first-order valence-corrected chi connectivity index (χ1v) is 8.17. The van der Waals surface area contributed by atoms with Crippen LogP contribution in [0.4, 0.5) is 8.78 Å². The van der Waals surface area contributed by atoms with Gasteiger partial charge in [-0.1, -0.05) is 0 Å². The van der Waals surface area contributed by atoms with Crippen molar-refractivity contribution in [3.05, 3.63) is 63.7 Å². The zero-order valence-corrected chi connectivity index (χ0v) is 14.4. The van der Waals surface area contributed by atoms with E-state index in [1.54, 1.807) is 16.9 Å². The summed E-state index contributed by atoms with van der Waals surface area (Å²) in [5.41, 5.74) is 1.20. The number of hydrogen-bond acceptors (Lipinski definition) is 3. The maximum Gasteiger partial charge on any atom is 0.277 e. The summed E-state index contributed by atoms with van der Waals surface area (Å²) in [4.78, 5) is 24.8. The Labute approximate surface area is 148 Å². The highest BCUT2D eigenvalue weighted by molar-refractivity contribution is 5.81. The molecule has 1 amide bonds. The summed E-state index contributed by atoms with van der Waals surface area (Å²) in [6, 6.07) is 4.80. The van der Waals surface area contributed by atoms with E-state index in [2.05, 4.69) is 10.4 Å². The summed E-state index contributed by atoms with van der Waals surface area (Å²) >= 11 is 0. The van der Waals surface area contributed by atoms with Crippen molar-refractivity contribution in [1.29, 1.82) is 0 Å². The van der Waals surface area contributed by atoms with Gasteiger partial charge in [-0.2, -0.15) is 5.10 Å². The lowest BCUT2D eigenvalue weighted by atomic mass is 10.2. The molecule has 136 valence electrons. The summed E-state index contributed by atoms with van der Waals surface area (Å²) in [6.07, 6.45) is 1.54. The lowest BCUT2D eigenvalue weighted by Crippen LogP contribution is -2.32. The number of halogens is 2. The van der Waals surface area contributed by atoms with E-state index in [9.17, 15) is 18.4 Å². The fraction of sp³-hybridized carbons (Fsp3) is 0.278. The number of aromatic nitrogens is 3. The number of carbonyl (C=O) groups excluding carboxylic acids is 1. The van der Waals surface area contributed by atoms with E-state index in [1.807, 2.05) is 13.8 Å². The first-order chi connectivity index (χ1) is 12.4. The van der Waals surface area contributed by atoms with E-state index in [1.165, 1.54) is 4.57 Å². The zero-order chi connectivity index (χ0) is 18.8. The van der Waals surface area contributed by atoms with Crippen molar-refractivity contribution in [2.24, 2.45) is 0 Å². The second kappa shape index (κ2) is 7.07. The number of carbonyl (C=O) groups is 1. The maximum absolute atomic E-state index is 13.2. The van der Waals surface area contributed by atoms with Crippen LogP contribution in [0, 0.1) is 18.6 Å². The van der Waals surface area contributed by atoms with Gasteiger partial charge < -0.3 is 9.88 Å². The van der Waals surface area contributed by atoms with E-state index in [0.717, 1.165) is 29.3 Å². The number of amides is 1. The fourth-order valence-electron chi connectivity index (χ4n) is 2.87. The van der Waals surface area contributed by atoms with Crippen molar-refractivity contribution in [2.45, 2.75) is 33.5 Å². The lowest BCUT2D eigenvalue weighted by Gasteiger charge is -2.09. The van der Waals surface area contributed by atoms with E-state index >= 15 is 0 Å². The molecule has 0 aliphatic heterocycles. The van der Waals surface area contributed by atoms with Crippen LogP contribution in [0.3, 0.4) is 0 Å². The second-order valence-corrected chi connectivity index (χ2v) is 5.97. The van der Waals surface area contributed by atoms with Crippen LogP contribution >= 0.6 is 0 Å². The molecule has 8 heteroatoms. The van der Waals surface area contributed by atoms with Gasteiger partial charge in [0.25, 0.3) is 5.56 Å². The Bertz CT molecular complexity index is 1020. The highest BCUT2D eigenvalue weighted by Crippen LogP contribution is 2.14. The normalized spacial score (nSPS) is 11.1. The minimum absolute atomic E-state index is 0.0312. The molecule has 0 atom stereocenters. The molecule has 3 rings (SSSR count). The average Bonchev–Trinajstić information content (AvgIpc) is 2.91. The van der Waals surface area contributed by atoms with E-state index in [-0.39, 0.29) is 18.6 Å². The molecule has 0 aliphatic carbocycles. The number of fused-ring (bicyclic) bond motifs is 1. The molecular formula is C18H18F2N4O2. The van der Waals surface area contributed by atoms with Gasteiger partial charge in [0.1, 0.15) is 23.7 Å². The number of aryl methyl sites for hydroxylation is 2. The maximum atomic E-state index is 13.2. The van der Waals surface area contributed by atoms with Gasteiger partial charge >= 0.3 is 0 Å². The standard InChI is InChI=1S/C18H18F2N4O2/c1-3-24-17-15(11(2)22-24)4-5-23(18(17)26)10-16(25)21-9-12-6-13(19)8-14(20)7-12/h4-8H,3,9-10H2,1-2H3,(H,21,25). The SMILES string of the molecule is CCn1nc(C)c2ccn(CC(=O)NCc3cc(F)cc(F)c3)c(=O)c21. The minimum atomic E-state index is -0.709. The molecule has 0 aliphatic rings. The highest BCUT2D eigenvalue weighted by Gasteiger charge is 2.13. The Hall–Kier alpha value is -3.03. The van der Waals surface area contributed by atoms with Crippen LogP contribution in [0.25, 0.3) is 10.9 Å². The molecular weight excluding hydrogens is 342 g/mol. The van der Waals surface area contributed by atoms with Crippen LogP contribution in [0.2, 0.25) is 0 Å². The smallest absolute Gasteiger partial charge is 0.277 e. The van der Waals surface area contributed by atoms with Crippen LogP contribution in [0.15, 0.2) is 35.3 Å². The van der Waals surface area contributed by atoms with Crippen molar-refractivity contribution in [1.82, 2.24) is 19.7 Å². The van der Waals surface area contributed by atoms with Gasteiger partial charge in [-0.25, -0.2) is 8.78 Å². The molecule has 0 saturated heterocycles. The summed E-state index contributed by atoms with van der Waals surface area (Å²) in [5, 5.41) is 7.62. The van der Waals surface area contributed by atoms with Gasteiger partial charge in [0.05, 0.1) is 5.69 Å². The van der Waals surface area contributed by atoms with Crippen molar-refractivity contribution in [3.8, 4) is 0 Å². The number of rotatable bonds is 5. The Morgan fingerprint density at radius 1 is 1.23 bits per heavy atom. The van der Waals surface area contributed by atoms with Crippen LogP contribution in [-0.2, 0) is 24.4 Å². The lowest BCUT2D eigenvalue weighted by molar-refractivity contribution is -0.121. The Kier molecular flexibility index (Phi) is 4.83. The number of benzene rings is 1. The Morgan fingerprint density at radius 3 is 2.58 bits per heavy atom. The number of nitrogens with zero attached hydrogens (tertiary/aromatic N) is 3. The topological polar surface area (TPSA) is 68.9 Å². The molecule has 3 aromatic rings. The first kappa shape index (κ1) is 17.8.